The van der Waals surface area contributed by atoms with Gasteiger partial charge in [-0.1, -0.05) is 0 Å². The van der Waals surface area contributed by atoms with E-state index in [0.29, 0.717) is 24.5 Å². The number of fused-ring (bicyclic) bond motifs is 1. The van der Waals surface area contributed by atoms with Crippen LogP contribution in [0.25, 0.3) is 0 Å². The Morgan fingerprint density at radius 1 is 1.14 bits per heavy atom. The van der Waals surface area contributed by atoms with E-state index in [1.54, 1.807) is 18.5 Å². The Labute approximate surface area is 160 Å². The number of rotatable bonds is 2. The summed E-state index contributed by atoms with van der Waals surface area (Å²) in [5.74, 6) is 0.850. The topological polar surface area (TPSA) is 58.5 Å². The lowest BCUT2D eigenvalue weighted by Gasteiger charge is -2.63. The highest BCUT2D eigenvalue weighted by Crippen LogP contribution is 2.60. The highest BCUT2D eigenvalue weighted by atomic mass is 19.4. The maximum atomic E-state index is 12.7. The molecular weight excluding hydrogens is 371 g/mol. The van der Waals surface area contributed by atoms with E-state index in [-0.39, 0.29) is 11.3 Å². The van der Waals surface area contributed by atoms with Crippen molar-refractivity contribution in [2.24, 2.45) is 11.3 Å². The van der Waals surface area contributed by atoms with Crippen molar-refractivity contribution in [1.82, 2.24) is 9.97 Å². The van der Waals surface area contributed by atoms with E-state index in [4.69, 9.17) is 4.74 Å². The quantitative estimate of drug-likeness (QED) is 0.851. The van der Waals surface area contributed by atoms with Crippen molar-refractivity contribution >= 4 is 5.69 Å². The lowest BCUT2D eigenvalue weighted by molar-refractivity contribution is -0.141. The largest absolute Gasteiger partial charge is 0.493 e. The molecule has 148 valence electrons. The van der Waals surface area contributed by atoms with E-state index >= 15 is 0 Å². The molecule has 28 heavy (non-hydrogen) atoms. The molecule has 4 heterocycles. The van der Waals surface area contributed by atoms with Gasteiger partial charge < -0.3 is 14.7 Å². The van der Waals surface area contributed by atoms with E-state index in [9.17, 15) is 18.3 Å². The Hall–Kier alpha value is -2.35. The van der Waals surface area contributed by atoms with Crippen LogP contribution < -0.4 is 9.64 Å². The fourth-order valence-corrected chi connectivity index (χ4v) is 4.98. The third-order valence-corrected chi connectivity index (χ3v) is 6.48. The molecule has 5 nitrogen and oxygen atoms in total. The van der Waals surface area contributed by atoms with Crippen LogP contribution in [0.3, 0.4) is 0 Å². The zero-order chi connectivity index (χ0) is 19.6. The van der Waals surface area contributed by atoms with Gasteiger partial charge in [-0.15, -0.1) is 0 Å². The molecule has 2 aliphatic heterocycles. The Morgan fingerprint density at radius 2 is 1.93 bits per heavy atom. The summed E-state index contributed by atoms with van der Waals surface area (Å²) in [7, 11) is 0. The smallest absolute Gasteiger partial charge is 0.433 e. The van der Waals surface area contributed by atoms with Gasteiger partial charge in [-0.25, -0.2) is 4.98 Å². The van der Waals surface area contributed by atoms with Gasteiger partial charge in [0.1, 0.15) is 17.0 Å². The van der Waals surface area contributed by atoms with Crippen LogP contribution >= 0.6 is 0 Å². The third-order valence-electron chi connectivity index (χ3n) is 6.48. The number of hydrogen-bond donors (Lipinski definition) is 1. The minimum Gasteiger partial charge on any atom is -0.493 e. The molecule has 0 bridgehead atoms. The number of halogens is 3. The van der Waals surface area contributed by atoms with Crippen LogP contribution in [-0.2, 0) is 11.8 Å². The molecule has 1 spiro atoms. The van der Waals surface area contributed by atoms with Crippen LogP contribution in [0, 0.1) is 11.3 Å². The predicted molar refractivity (Wildman–Crippen MR) is 94.9 cm³/mol. The van der Waals surface area contributed by atoms with Crippen molar-refractivity contribution in [3.8, 4) is 5.75 Å². The SMILES string of the molecule is OC1(C2CC3(C2)CN(c2ccc(C(F)(F)F)nc2)C3)CCOc2ccncc21. The van der Waals surface area contributed by atoms with E-state index in [0.717, 1.165) is 37.6 Å². The lowest BCUT2D eigenvalue weighted by Crippen LogP contribution is -2.65. The van der Waals surface area contributed by atoms with Crippen LogP contribution in [0.4, 0.5) is 18.9 Å². The lowest BCUT2D eigenvalue weighted by atomic mass is 9.52. The summed E-state index contributed by atoms with van der Waals surface area (Å²) in [6.45, 7) is 2.05. The summed E-state index contributed by atoms with van der Waals surface area (Å²) in [5, 5.41) is 11.3. The van der Waals surface area contributed by atoms with Crippen molar-refractivity contribution in [2.45, 2.75) is 31.0 Å². The van der Waals surface area contributed by atoms with Gasteiger partial charge >= 0.3 is 6.18 Å². The number of aliphatic hydroxyl groups is 1. The molecule has 1 saturated carbocycles. The van der Waals surface area contributed by atoms with Crippen LogP contribution in [0.5, 0.6) is 5.75 Å². The molecule has 1 saturated heterocycles. The first-order valence-electron chi connectivity index (χ1n) is 9.37. The molecule has 2 aromatic rings. The van der Waals surface area contributed by atoms with Crippen molar-refractivity contribution < 1.29 is 23.0 Å². The molecule has 1 aliphatic carbocycles. The molecule has 1 atom stereocenters. The summed E-state index contributed by atoms with van der Waals surface area (Å²) < 4.78 is 43.6. The maximum absolute atomic E-state index is 12.7. The minimum atomic E-state index is -4.42. The number of ether oxygens (including phenoxy) is 1. The third kappa shape index (κ3) is 2.65. The van der Waals surface area contributed by atoms with E-state index in [2.05, 4.69) is 9.97 Å². The zero-order valence-corrected chi connectivity index (χ0v) is 15.1. The van der Waals surface area contributed by atoms with Crippen molar-refractivity contribution in [2.75, 3.05) is 24.6 Å². The number of hydrogen-bond acceptors (Lipinski definition) is 5. The Kier molecular flexibility index (Phi) is 3.69. The van der Waals surface area contributed by atoms with Crippen molar-refractivity contribution in [3.05, 3.63) is 48.0 Å². The van der Waals surface area contributed by atoms with Crippen LogP contribution in [-0.4, -0.2) is 34.8 Å². The van der Waals surface area contributed by atoms with Gasteiger partial charge in [-0.05, 0) is 37.0 Å². The molecule has 1 unspecified atom stereocenters. The molecule has 8 heteroatoms. The average Bonchev–Trinajstić information content (AvgIpc) is 2.59. The van der Waals surface area contributed by atoms with Gasteiger partial charge in [-0.3, -0.25) is 4.98 Å². The summed E-state index contributed by atoms with van der Waals surface area (Å²) in [6, 6.07) is 4.29. The molecule has 3 aliphatic rings. The Balaban J connectivity index is 1.24. The predicted octanol–water partition coefficient (Wildman–Crippen LogP) is 3.38. The summed E-state index contributed by atoms with van der Waals surface area (Å²) in [4.78, 5) is 9.74. The second-order valence-corrected chi connectivity index (χ2v) is 8.26. The fraction of sp³-hybridized carbons (Fsp3) is 0.500. The van der Waals surface area contributed by atoms with E-state index < -0.39 is 17.5 Å². The number of nitrogens with zero attached hydrogens (tertiary/aromatic N) is 3. The molecule has 5 rings (SSSR count). The number of pyridine rings is 2. The van der Waals surface area contributed by atoms with E-state index in [1.807, 2.05) is 4.90 Å². The monoisotopic (exact) mass is 391 g/mol. The van der Waals surface area contributed by atoms with Crippen molar-refractivity contribution in [3.63, 3.8) is 0 Å². The second-order valence-electron chi connectivity index (χ2n) is 8.26. The van der Waals surface area contributed by atoms with Crippen LogP contribution in [0.2, 0.25) is 0 Å². The van der Waals surface area contributed by atoms with Gasteiger partial charge in [0.05, 0.1) is 18.5 Å². The van der Waals surface area contributed by atoms with E-state index in [1.165, 1.54) is 12.3 Å². The molecule has 2 fully saturated rings. The molecule has 1 N–H and O–H groups in total. The first-order chi connectivity index (χ1) is 13.3. The Bertz CT molecular complexity index is 888. The van der Waals surface area contributed by atoms with Gasteiger partial charge in [0.15, 0.2) is 0 Å². The molecular formula is C20H20F3N3O2. The number of anilines is 1. The maximum Gasteiger partial charge on any atom is 0.433 e. The minimum absolute atomic E-state index is 0.129. The number of alkyl halides is 3. The first kappa shape index (κ1) is 17.7. The second kappa shape index (κ2) is 5.83. The highest BCUT2D eigenvalue weighted by molar-refractivity contribution is 5.49. The number of aromatic nitrogens is 2. The first-order valence-corrected chi connectivity index (χ1v) is 9.37. The molecule has 0 aromatic carbocycles. The summed E-state index contributed by atoms with van der Waals surface area (Å²) in [5.41, 5.74) is -0.178. The van der Waals surface area contributed by atoms with Crippen molar-refractivity contribution in [1.29, 1.82) is 0 Å². The standard InChI is InChI=1S/C20H20F3N3O2/c21-20(22,23)17-2-1-14(9-25-17)26-11-18(12-26)7-13(8-18)19(27)4-6-28-16-3-5-24-10-15(16)19/h1-3,5,9-10,13,27H,4,6-8,11-12H2. The molecule has 0 amide bonds. The average molecular weight is 391 g/mol. The summed E-state index contributed by atoms with van der Waals surface area (Å²) in [6.07, 6.45) is 2.57. The van der Waals surface area contributed by atoms with Crippen LogP contribution in [0.15, 0.2) is 36.8 Å². The normalized spacial score (nSPS) is 26.2. The van der Waals surface area contributed by atoms with Gasteiger partial charge in [0, 0.05) is 42.9 Å². The van der Waals surface area contributed by atoms with Crippen LogP contribution in [0.1, 0.15) is 30.5 Å². The van der Waals surface area contributed by atoms with Gasteiger partial charge in [0.25, 0.3) is 0 Å². The fourth-order valence-electron chi connectivity index (χ4n) is 4.98. The zero-order valence-electron chi connectivity index (χ0n) is 15.1. The summed E-state index contributed by atoms with van der Waals surface area (Å²) >= 11 is 0. The van der Waals surface area contributed by atoms with Gasteiger partial charge in [0.2, 0.25) is 0 Å². The van der Waals surface area contributed by atoms with Gasteiger partial charge in [-0.2, -0.15) is 13.2 Å². The highest BCUT2D eigenvalue weighted by Gasteiger charge is 2.59. The Morgan fingerprint density at radius 3 is 2.61 bits per heavy atom. The molecule has 0 radical (unpaired) electrons. The molecule has 2 aromatic heterocycles.